The fraction of sp³-hybridized carbons (Fsp3) is 1.00. The van der Waals surface area contributed by atoms with E-state index in [0.29, 0.717) is 12.0 Å². The van der Waals surface area contributed by atoms with Gasteiger partial charge in [0.15, 0.2) is 0 Å². The highest BCUT2D eigenvalue weighted by molar-refractivity contribution is 4.90. The summed E-state index contributed by atoms with van der Waals surface area (Å²) in [7, 11) is 4.33. The Kier molecular flexibility index (Phi) is 4.68. The summed E-state index contributed by atoms with van der Waals surface area (Å²) < 4.78 is 0. The fourth-order valence-electron chi connectivity index (χ4n) is 3.63. The normalized spacial score (nSPS) is 41.8. The lowest BCUT2D eigenvalue weighted by atomic mass is 9.72. The van der Waals surface area contributed by atoms with E-state index in [1.165, 1.54) is 19.3 Å². The van der Waals surface area contributed by atoms with Crippen molar-refractivity contribution in [3.05, 3.63) is 0 Å². The molecule has 0 amide bonds. The average molecular weight is 254 g/mol. The number of nitrogens with zero attached hydrogens (tertiary/aromatic N) is 2. The summed E-state index contributed by atoms with van der Waals surface area (Å²) in [4.78, 5) is 4.70. The van der Waals surface area contributed by atoms with Crippen LogP contribution in [0.4, 0.5) is 0 Å². The van der Waals surface area contributed by atoms with Crippen LogP contribution in [0, 0.1) is 17.8 Å². The van der Waals surface area contributed by atoms with E-state index in [1.807, 2.05) is 0 Å². The molecule has 18 heavy (non-hydrogen) atoms. The Hall–Kier alpha value is -0.120. The molecule has 0 aromatic rings. The van der Waals surface area contributed by atoms with Crippen molar-refractivity contribution in [2.45, 2.75) is 45.3 Å². The first-order valence-electron chi connectivity index (χ1n) is 7.56. The van der Waals surface area contributed by atoms with Crippen LogP contribution >= 0.6 is 0 Å². The number of rotatable bonds is 2. The largest absolute Gasteiger partial charge is 0.391 e. The van der Waals surface area contributed by atoms with Crippen LogP contribution in [0.3, 0.4) is 0 Å². The highest BCUT2D eigenvalue weighted by Crippen LogP contribution is 2.36. The van der Waals surface area contributed by atoms with Crippen LogP contribution in [0.2, 0.25) is 0 Å². The molecule has 0 spiro atoms. The molecule has 5 atom stereocenters. The highest BCUT2D eigenvalue weighted by atomic mass is 16.3. The Bertz CT molecular complexity index is 271. The standard InChI is InChI=1S/C15H30N2O/c1-11-5-6-13(9-12(11)2)15(18)14-10-16(3)7-8-17(14)4/h11-15,18H,5-10H2,1-4H3. The third kappa shape index (κ3) is 3.06. The predicted octanol–water partition coefficient (Wildman–Crippen LogP) is 1.67. The monoisotopic (exact) mass is 254 g/mol. The lowest BCUT2D eigenvalue weighted by Crippen LogP contribution is -2.57. The molecule has 2 fully saturated rings. The zero-order chi connectivity index (χ0) is 13.3. The van der Waals surface area contributed by atoms with Crippen LogP contribution in [0.15, 0.2) is 0 Å². The molecular formula is C15H30N2O. The molecule has 2 rings (SSSR count). The van der Waals surface area contributed by atoms with Gasteiger partial charge in [0.25, 0.3) is 0 Å². The molecule has 1 saturated heterocycles. The molecule has 2 aliphatic rings. The van der Waals surface area contributed by atoms with Gasteiger partial charge in [-0.15, -0.1) is 0 Å². The van der Waals surface area contributed by atoms with Crippen LogP contribution < -0.4 is 0 Å². The van der Waals surface area contributed by atoms with Crippen molar-refractivity contribution < 1.29 is 5.11 Å². The van der Waals surface area contributed by atoms with Gasteiger partial charge in [-0.1, -0.05) is 20.3 Å². The molecule has 5 unspecified atom stereocenters. The van der Waals surface area contributed by atoms with Gasteiger partial charge in [0.1, 0.15) is 0 Å². The van der Waals surface area contributed by atoms with E-state index in [4.69, 9.17) is 0 Å². The minimum atomic E-state index is -0.146. The molecule has 106 valence electrons. The summed E-state index contributed by atoms with van der Waals surface area (Å²) in [5, 5.41) is 10.7. The quantitative estimate of drug-likeness (QED) is 0.812. The molecule has 1 aliphatic heterocycles. The second-order valence-corrected chi connectivity index (χ2v) is 6.83. The topological polar surface area (TPSA) is 26.7 Å². The van der Waals surface area contributed by atoms with Crippen molar-refractivity contribution in [2.75, 3.05) is 33.7 Å². The van der Waals surface area contributed by atoms with Crippen molar-refractivity contribution >= 4 is 0 Å². The van der Waals surface area contributed by atoms with Crippen molar-refractivity contribution in [2.24, 2.45) is 17.8 Å². The van der Waals surface area contributed by atoms with Gasteiger partial charge in [0, 0.05) is 25.7 Å². The Morgan fingerprint density at radius 2 is 1.78 bits per heavy atom. The van der Waals surface area contributed by atoms with E-state index in [0.717, 1.165) is 31.5 Å². The van der Waals surface area contributed by atoms with Gasteiger partial charge in [-0.3, -0.25) is 4.90 Å². The van der Waals surface area contributed by atoms with Gasteiger partial charge in [-0.2, -0.15) is 0 Å². The highest BCUT2D eigenvalue weighted by Gasteiger charge is 2.36. The summed E-state index contributed by atoms with van der Waals surface area (Å²) in [6.07, 6.45) is 3.56. The molecule has 3 nitrogen and oxygen atoms in total. The summed E-state index contributed by atoms with van der Waals surface area (Å²) in [6, 6.07) is 0.328. The predicted molar refractivity (Wildman–Crippen MR) is 75.6 cm³/mol. The first-order valence-corrected chi connectivity index (χ1v) is 7.56. The Labute approximate surface area is 112 Å². The number of hydrogen-bond donors (Lipinski definition) is 1. The smallest absolute Gasteiger partial charge is 0.0735 e. The van der Waals surface area contributed by atoms with E-state index in [-0.39, 0.29) is 6.10 Å². The van der Waals surface area contributed by atoms with Crippen molar-refractivity contribution in [1.29, 1.82) is 0 Å². The maximum absolute atomic E-state index is 10.7. The van der Waals surface area contributed by atoms with Gasteiger partial charge < -0.3 is 10.0 Å². The lowest BCUT2D eigenvalue weighted by Gasteiger charge is -2.44. The van der Waals surface area contributed by atoms with E-state index >= 15 is 0 Å². The molecule has 1 aliphatic carbocycles. The number of likely N-dealkylation sites (N-methyl/N-ethyl adjacent to an activating group) is 2. The van der Waals surface area contributed by atoms with E-state index in [2.05, 4.69) is 37.7 Å². The first-order chi connectivity index (χ1) is 8.49. The summed E-state index contributed by atoms with van der Waals surface area (Å²) in [5.41, 5.74) is 0. The zero-order valence-corrected chi connectivity index (χ0v) is 12.5. The summed E-state index contributed by atoms with van der Waals surface area (Å²) >= 11 is 0. The van der Waals surface area contributed by atoms with E-state index in [9.17, 15) is 5.11 Å². The molecule has 0 bridgehead atoms. The van der Waals surface area contributed by atoms with Crippen LogP contribution in [-0.4, -0.2) is 60.8 Å². The Balaban J connectivity index is 1.95. The van der Waals surface area contributed by atoms with Crippen LogP contribution in [0.1, 0.15) is 33.1 Å². The second kappa shape index (κ2) is 5.89. The van der Waals surface area contributed by atoms with Gasteiger partial charge >= 0.3 is 0 Å². The maximum Gasteiger partial charge on any atom is 0.0735 e. The second-order valence-electron chi connectivity index (χ2n) is 6.83. The van der Waals surface area contributed by atoms with Crippen molar-refractivity contribution in [3.8, 4) is 0 Å². The van der Waals surface area contributed by atoms with Crippen molar-refractivity contribution in [3.63, 3.8) is 0 Å². The SMILES string of the molecule is CC1CCC(C(O)C2CN(C)CCN2C)CC1C. The third-order valence-electron chi connectivity index (χ3n) is 5.42. The van der Waals surface area contributed by atoms with E-state index < -0.39 is 0 Å². The van der Waals surface area contributed by atoms with Crippen LogP contribution in [0.5, 0.6) is 0 Å². The minimum Gasteiger partial charge on any atom is -0.391 e. The van der Waals surface area contributed by atoms with Crippen LogP contribution in [0.25, 0.3) is 0 Å². The van der Waals surface area contributed by atoms with Crippen LogP contribution in [-0.2, 0) is 0 Å². The molecular weight excluding hydrogens is 224 g/mol. The summed E-state index contributed by atoms with van der Waals surface area (Å²) in [5.74, 6) is 2.11. The molecule has 0 aromatic heterocycles. The molecule has 1 saturated carbocycles. The first kappa shape index (κ1) is 14.3. The maximum atomic E-state index is 10.7. The fourth-order valence-corrected chi connectivity index (χ4v) is 3.63. The number of hydrogen-bond acceptors (Lipinski definition) is 3. The minimum absolute atomic E-state index is 0.146. The molecule has 0 radical (unpaired) electrons. The van der Waals surface area contributed by atoms with Gasteiger partial charge in [0.2, 0.25) is 0 Å². The van der Waals surface area contributed by atoms with Crippen molar-refractivity contribution in [1.82, 2.24) is 9.80 Å². The number of aliphatic hydroxyl groups excluding tert-OH is 1. The summed E-state index contributed by atoms with van der Waals surface area (Å²) in [6.45, 7) is 7.92. The van der Waals surface area contributed by atoms with Gasteiger partial charge in [0.05, 0.1) is 6.10 Å². The molecule has 3 heteroatoms. The number of piperazine rings is 1. The Morgan fingerprint density at radius 1 is 1.06 bits per heavy atom. The third-order valence-corrected chi connectivity index (χ3v) is 5.42. The van der Waals surface area contributed by atoms with Gasteiger partial charge in [-0.05, 0) is 44.7 Å². The molecule has 0 aromatic carbocycles. The van der Waals surface area contributed by atoms with E-state index in [1.54, 1.807) is 0 Å². The van der Waals surface area contributed by atoms with Gasteiger partial charge in [-0.25, -0.2) is 0 Å². The Morgan fingerprint density at radius 3 is 2.44 bits per heavy atom. The lowest BCUT2D eigenvalue weighted by molar-refractivity contribution is -0.0339. The molecule has 1 N–H and O–H groups in total. The number of aliphatic hydroxyl groups is 1. The molecule has 1 heterocycles. The average Bonchev–Trinajstić information content (AvgIpc) is 2.35. The zero-order valence-electron chi connectivity index (χ0n) is 12.5.